The van der Waals surface area contributed by atoms with Crippen LogP contribution in [-0.4, -0.2) is 110 Å². The molecule has 0 atom stereocenters. The number of amides is 2. The van der Waals surface area contributed by atoms with Crippen LogP contribution < -0.4 is 20.9 Å². The molecule has 5 heterocycles. The molecule has 74 heavy (non-hydrogen) atoms. The third-order valence-corrected chi connectivity index (χ3v) is 15.8. The molecule has 2 amide bonds. The topological polar surface area (TPSA) is 196 Å². The Morgan fingerprint density at radius 3 is 2.24 bits per heavy atom. The summed E-state index contributed by atoms with van der Waals surface area (Å²) in [6.07, 6.45) is 16.2. The number of aryl methyl sites for hydroxylation is 1. The highest BCUT2D eigenvalue weighted by Gasteiger charge is 2.53. The Kier molecular flexibility index (Phi) is 18.1. The van der Waals surface area contributed by atoms with Crippen molar-refractivity contribution in [2.45, 2.75) is 156 Å². The third kappa shape index (κ3) is 12.7. The van der Waals surface area contributed by atoms with Gasteiger partial charge in [-0.15, -0.1) is 0 Å². The maximum absolute atomic E-state index is 14.0. The van der Waals surface area contributed by atoms with Crippen LogP contribution in [0.4, 0.5) is 26.2 Å². The fraction of sp³-hybridized carbons (Fsp3) is 0.554. The smallest absolute Gasteiger partial charge is 0.264 e. The molecule has 1 saturated heterocycles. The van der Waals surface area contributed by atoms with Gasteiger partial charge >= 0.3 is 0 Å². The van der Waals surface area contributed by atoms with Gasteiger partial charge in [-0.25, -0.2) is 18.7 Å². The molecular formula is C56H75ClF2N12O3. The summed E-state index contributed by atoms with van der Waals surface area (Å²) in [5.74, 6) is 1.48. The number of phenols is 1. The zero-order valence-corrected chi connectivity index (χ0v) is 45.2. The molecule has 2 saturated carbocycles. The molecule has 3 aliphatic heterocycles. The van der Waals surface area contributed by atoms with Gasteiger partial charge in [-0.1, -0.05) is 58.6 Å². The van der Waals surface area contributed by atoms with Crippen molar-refractivity contribution < 1.29 is 23.5 Å². The van der Waals surface area contributed by atoms with Crippen molar-refractivity contribution >= 4 is 52.7 Å². The van der Waals surface area contributed by atoms with E-state index in [1.807, 2.05) is 11.0 Å². The number of phenolic OH excluding ortho intramolecular Hbond substituents is 1. The number of piperidine rings is 1. The molecule has 0 radical (unpaired) electrons. The average molecular weight is 1040 g/mol. The minimum atomic E-state index is -2.66. The van der Waals surface area contributed by atoms with E-state index >= 15 is 0 Å². The van der Waals surface area contributed by atoms with Crippen LogP contribution in [0.3, 0.4) is 0 Å². The monoisotopic (exact) mass is 1040 g/mol. The molecule has 2 aliphatic carbocycles. The van der Waals surface area contributed by atoms with Crippen molar-refractivity contribution in [3.8, 4) is 11.8 Å². The number of nitriles is 1. The first kappa shape index (κ1) is 55.6. The minimum Gasteiger partial charge on any atom is -0.508 e. The highest BCUT2D eigenvalue weighted by Crippen LogP contribution is 2.53. The van der Waals surface area contributed by atoms with Gasteiger partial charge in [0.1, 0.15) is 11.8 Å². The standard InChI is InChI=1S/C27H45N5O.C22H26F2N6O.C7H4ClNO/c1-19(2)32(21-10-8-7-9-11-21)22-12-14-31(15-13-22)25-28-16-20(17-29-25)23(33)30-24-26(3,4)18-27(24,5)6;1-13(31)29-7-5-19-18(12-29)22(28-27-19)30-6-3-4-14-8-16(15(10-25)11-26-2)17(21(23)24)9-20(14)30;8-7-3-6(10)2-1-5(7)4-9/h16-17,19,21-22,24H,7-15,18H2,1-6H3,(H,30,33);8-11,21H,3-7,12,25H2,1-2H3,(H,27,28);1-3,10H/b;15-10+,26-11?;. The highest BCUT2D eigenvalue weighted by atomic mass is 35.5. The quantitative estimate of drug-likeness (QED) is 0.110. The van der Waals surface area contributed by atoms with Crippen LogP contribution in [0.5, 0.6) is 5.75 Å². The van der Waals surface area contributed by atoms with E-state index in [1.54, 1.807) is 43.4 Å². The zero-order chi connectivity index (χ0) is 53.5. The number of aromatic hydroxyl groups is 1. The van der Waals surface area contributed by atoms with Gasteiger partial charge in [0.05, 0.1) is 22.7 Å². The summed E-state index contributed by atoms with van der Waals surface area (Å²) in [6, 6.07) is 11.6. The summed E-state index contributed by atoms with van der Waals surface area (Å²) in [5.41, 5.74) is 11.3. The van der Waals surface area contributed by atoms with Gasteiger partial charge in [0, 0.05) is 124 Å². The second kappa shape index (κ2) is 24.0. The number of fused-ring (bicyclic) bond motifs is 2. The first-order chi connectivity index (χ1) is 35.3. The van der Waals surface area contributed by atoms with E-state index in [4.69, 9.17) is 27.7 Å². The number of halogens is 3. The SMILES string of the molecule is CC(C)N(C1CCCCC1)C1CCN(c2ncc(C(=O)NC3C(C)(C)CC3(C)C)cn2)CC1.CN=C/C(=C\N)c1cc2c(cc1C(F)F)N(c1n[nH]c3c1CN(C(C)=O)CC3)CCC2.N#Cc1ccc(O)cc1Cl. The Morgan fingerprint density at radius 1 is 0.986 bits per heavy atom. The van der Waals surface area contributed by atoms with Crippen molar-refractivity contribution in [2.75, 3.05) is 43.0 Å². The molecule has 398 valence electrons. The maximum atomic E-state index is 14.0. The molecule has 18 heteroatoms. The first-order valence-corrected chi connectivity index (χ1v) is 26.6. The summed E-state index contributed by atoms with van der Waals surface area (Å²) >= 11 is 5.55. The molecular weight excluding hydrogens is 962 g/mol. The number of nitrogens with two attached hydrogens (primary N) is 1. The second-order valence-electron chi connectivity index (χ2n) is 22.0. The van der Waals surface area contributed by atoms with Crippen molar-refractivity contribution in [3.05, 3.63) is 93.0 Å². The number of aromatic amines is 1. The Balaban J connectivity index is 0.000000182. The van der Waals surface area contributed by atoms with Crippen LogP contribution in [-0.2, 0) is 24.2 Å². The molecule has 0 spiro atoms. The van der Waals surface area contributed by atoms with Gasteiger partial charge < -0.3 is 30.9 Å². The number of rotatable bonds is 10. The number of hydrogen-bond donors (Lipinski definition) is 4. The summed E-state index contributed by atoms with van der Waals surface area (Å²) in [5, 5.41) is 28.3. The Morgan fingerprint density at radius 2 is 1.66 bits per heavy atom. The van der Waals surface area contributed by atoms with Crippen LogP contribution in [0, 0.1) is 22.2 Å². The molecule has 5 aliphatic rings. The lowest BCUT2D eigenvalue weighted by Crippen LogP contribution is -2.63. The number of aromatic nitrogens is 4. The number of H-pyrrole nitrogens is 1. The fourth-order valence-corrected chi connectivity index (χ4v) is 12.6. The molecule has 2 aromatic carbocycles. The zero-order valence-electron chi connectivity index (χ0n) is 44.4. The van der Waals surface area contributed by atoms with E-state index in [1.165, 1.54) is 62.7 Å². The Bertz CT molecular complexity index is 2690. The molecule has 15 nitrogen and oxygen atoms in total. The van der Waals surface area contributed by atoms with Gasteiger partial charge in [0.15, 0.2) is 5.82 Å². The number of carbonyl (C=O) groups excluding carboxylic acids is 2. The van der Waals surface area contributed by atoms with Gasteiger partial charge in [-0.3, -0.25) is 24.6 Å². The number of hydrogen-bond acceptors (Lipinski definition) is 12. The lowest BCUT2D eigenvalue weighted by atomic mass is 9.52. The van der Waals surface area contributed by atoms with Crippen LogP contribution in [0.1, 0.15) is 157 Å². The van der Waals surface area contributed by atoms with E-state index < -0.39 is 6.43 Å². The van der Waals surface area contributed by atoms with Gasteiger partial charge in [-0.2, -0.15) is 10.4 Å². The minimum absolute atomic E-state index is 0.0140. The predicted octanol–water partition coefficient (Wildman–Crippen LogP) is 10.3. The van der Waals surface area contributed by atoms with Gasteiger partial charge in [0.25, 0.3) is 12.3 Å². The van der Waals surface area contributed by atoms with Crippen LogP contribution in [0.25, 0.3) is 5.57 Å². The third-order valence-electron chi connectivity index (χ3n) is 15.5. The number of nitrogens with zero attached hydrogens (tertiary/aromatic N) is 9. The molecule has 0 unspecified atom stereocenters. The number of carbonyl (C=O) groups is 2. The normalized spacial score (nSPS) is 19.0. The Hall–Kier alpha value is -6.12. The maximum Gasteiger partial charge on any atom is 0.264 e. The molecule has 5 N–H and O–H groups in total. The molecule has 0 bridgehead atoms. The molecule has 2 aromatic heterocycles. The van der Waals surface area contributed by atoms with Gasteiger partial charge in [0.2, 0.25) is 11.9 Å². The lowest BCUT2D eigenvalue weighted by molar-refractivity contribution is -0.129. The largest absolute Gasteiger partial charge is 0.508 e. The number of benzene rings is 2. The van der Waals surface area contributed by atoms with E-state index in [-0.39, 0.29) is 45.0 Å². The summed E-state index contributed by atoms with van der Waals surface area (Å²) in [6.45, 7) is 18.9. The number of allylic oxidation sites excluding steroid dienone is 1. The Labute approximate surface area is 440 Å². The predicted molar refractivity (Wildman–Crippen MR) is 289 cm³/mol. The molecule has 3 fully saturated rings. The van der Waals surface area contributed by atoms with Crippen molar-refractivity contribution in [2.24, 2.45) is 21.6 Å². The number of nitrogens with one attached hydrogen (secondary N) is 2. The number of anilines is 3. The van der Waals surface area contributed by atoms with Crippen LogP contribution >= 0.6 is 11.6 Å². The summed E-state index contributed by atoms with van der Waals surface area (Å²) in [7, 11) is 1.58. The van der Waals surface area contributed by atoms with Crippen molar-refractivity contribution in [1.82, 2.24) is 35.3 Å². The summed E-state index contributed by atoms with van der Waals surface area (Å²) in [4.78, 5) is 46.7. The molecule has 4 aromatic rings. The van der Waals surface area contributed by atoms with Gasteiger partial charge in [-0.05, 0) is 111 Å². The molecule has 9 rings (SSSR count). The average Bonchev–Trinajstić information content (AvgIpc) is 3.80. The second-order valence-corrected chi connectivity index (χ2v) is 22.4. The lowest BCUT2D eigenvalue weighted by Gasteiger charge is -2.57. The number of alkyl halides is 2. The fourth-order valence-electron chi connectivity index (χ4n) is 12.4. The van der Waals surface area contributed by atoms with E-state index in [2.05, 4.69) is 81.8 Å². The van der Waals surface area contributed by atoms with E-state index in [0.717, 1.165) is 79.7 Å². The van der Waals surface area contributed by atoms with Crippen LogP contribution in [0.2, 0.25) is 5.02 Å². The van der Waals surface area contributed by atoms with E-state index in [0.29, 0.717) is 66.2 Å². The number of aliphatic imine (C=N–C) groups is 1. The summed E-state index contributed by atoms with van der Waals surface area (Å²) < 4.78 is 28.0. The van der Waals surface area contributed by atoms with E-state index in [9.17, 15) is 18.4 Å². The van der Waals surface area contributed by atoms with Crippen molar-refractivity contribution in [3.63, 3.8) is 0 Å². The highest BCUT2D eigenvalue weighted by molar-refractivity contribution is 6.31. The van der Waals surface area contributed by atoms with Crippen LogP contribution in [0.15, 0.2) is 53.9 Å². The van der Waals surface area contributed by atoms with Crippen molar-refractivity contribution in [1.29, 1.82) is 5.26 Å². The first-order valence-electron chi connectivity index (χ1n) is 26.2.